The minimum atomic E-state index is -0.0106. The zero-order valence-corrected chi connectivity index (χ0v) is 18.2. The molecule has 6 heteroatoms. The highest BCUT2D eigenvalue weighted by atomic mass is 35.5. The maximum absolute atomic E-state index is 6.36. The number of aromatic nitrogens is 4. The standard InChI is InChI=1S/C22H23ClN4.ClH/c1-13-19(27(5)26-20(13)22(2,3)4)21-24-17-11-10-14(12-18(17)25-21)15-8-6-7-9-16(15)23;/h6-12H,1-5H3,(H,24,25);1H. The highest BCUT2D eigenvalue weighted by Gasteiger charge is 2.25. The topological polar surface area (TPSA) is 46.5 Å². The van der Waals surface area contributed by atoms with Crippen molar-refractivity contribution in [2.24, 2.45) is 7.05 Å². The van der Waals surface area contributed by atoms with E-state index in [1.54, 1.807) is 0 Å². The van der Waals surface area contributed by atoms with Gasteiger partial charge in [0.2, 0.25) is 0 Å². The summed E-state index contributed by atoms with van der Waals surface area (Å²) < 4.78 is 1.92. The normalized spacial score (nSPS) is 11.6. The Morgan fingerprint density at radius 2 is 1.79 bits per heavy atom. The molecule has 0 radical (unpaired) electrons. The van der Waals surface area contributed by atoms with Gasteiger partial charge in [0.1, 0.15) is 5.69 Å². The van der Waals surface area contributed by atoms with Gasteiger partial charge >= 0.3 is 0 Å². The predicted octanol–water partition coefficient (Wildman–Crippen LogP) is 6.31. The molecule has 0 aliphatic rings. The fourth-order valence-corrected chi connectivity index (χ4v) is 3.90. The molecule has 0 atom stereocenters. The summed E-state index contributed by atoms with van der Waals surface area (Å²) >= 11 is 6.36. The van der Waals surface area contributed by atoms with E-state index in [0.29, 0.717) is 0 Å². The summed E-state index contributed by atoms with van der Waals surface area (Å²) in [7, 11) is 1.97. The minimum absolute atomic E-state index is 0. The summed E-state index contributed by atoms with van der Waals surface area (Å²) in [5, 5.41) is 5.49. The molecule has 0 fully saturated rings. The average molecular weight is 415 g/mol. The Balaban J connectivity index is 0.00000225. The van der Waals surface area contributed by atoms with Crippen LogP contribution >= 0.6 is 24.0 Å². The summed E-state index contributed by atoms with van der Waals surface area (Å²) in [6, 6.07) is 14.1. The van der Waals surface area contributed by atoms with Crippen LogP contribution in [0.1, 0.15) is 32.0 Å². The van der Waals surface area contributed by atoms with Crippen LogP contribution in [0.2, 0.25) is 5.02 Å². The lowest BCUT2D eigenvalue weighted by molar-refractivity contribution is 0.550. The van der Waals surface area contributed by atoms with Gasteiger partial charge < -0.3 is 4.98 Å². The van der Waals surface area contributed by atoms with Crippen LogP contribution in [0.5, 0.6) is 0 Å². The maximum atomic E-state index is 6.36. The molecule has 2 heterocycles. The van der Waals surface area contributed by atoms with Crippen molar-refractivity contribution < 1.29 is 0 Å². The van der Waals surface area contributed by atoms with E-state index < -0.39 is 0 Å². The lowest BCUT2D eigenvalue weighted by Gasteiger charge is -2.16. The fourth-order valence-electron chi connectivity index (χ4n) is 3.66. The average Bonchev–Trinajstić information content (AvgIpc) is 3.14. The fraction of sp³-hybridized carbons (Fsp3) is 0.273. The van der Waals surface area contributed by atoms with Gasteiger partial charge in [0.05, 0.1) is 16.7 Å². The van der Waals surface area contributed by atoms with E-state index in [9.17, 15) is 0 Å². The summed E-state index contributed by atoms with van der Waals surface area (Å²) in [4.78, 5) is 8.28. The van der Waals surface area contributed by atoms with Gasteiger partial charge in [-0.15, -0.1) is 12.4 Å². The Hall–Kier alpha value is -2.30. The Labute approximate surface area is 176 Å². The van der Waals surface area contributed by atoms with Gasteiger partial charge in [-0.3, -0.25) is 4.68 Å². The number of nitrogens with one attached hydrogen (secondary N) is 1. The van der Waals surface area contributed by atoms with E-state index in [1.165, 1.54) is 0 Å². The van der Waals surface area contributed by atoms with Crippen LogP contribution in [0.15, 0.2) is 42.5 Å². The Morgan fingerprint density at radius 1 is 1.07 bits per heavy atom. The van der Waals surface area contributed by atoms with Gasteiger partial charge in [0, 0.05) is 28.6 Å². The van der Waals surface area contributed by atoms with E-state index in [4.69, 9.17) is 21.7 Å². The van der Waals surface area contributed by atoms with Gasteiger partial charge in [-0.25, -0.2) is 4.98 Å². The first-order valence-electron chi connectivity index (χ1n) is 9.05. The first kappa shape index (κ1) is 20.4. The highest BCUT2D eigenvalue weighted by molar-refractivity contribution is 6.33. The largest absolute Gasteiger partial charge is 0.337 e. The number of aromatic amines is 1. The number of halogens is 2. The zero-order valence-electron chi connectivity index (χ0n) is 16.7. The van der Waals surface area contributed by atoms with Crippen molar-refractivity contribution in [2.45, 2.75) is 33.1 Å². The monoisotopic (exact) mass is 414 g/mol. The van der Waals surface area contributed by atoms with Crippen molar-refractivity contribution in [1.29, 1.82) is 0 Å². The van der Waals surface area contributed by atoms with Crippen molar-refractivity contribution in [3.8, 4) is 22.6 Å². The number of hydrogen-bond acceptors (Lipinski definition) is 2. The quantitative estimate of drug-likeness (QED) is 0.417. The third kappa shape index (κ3) is 3.43. The van der Waals surface area contributed by atoms with Gasteiger partial charge in [-0.2, -0.15) is 5.10 Å². The summed E-state index contributed by atoms with van der Waals surface area (Å²) in [5.41, 5.74) is 7.27. The molecule has 0 spiro atoms. The number of rotatable bonds is 2. The molecule has 0 unspecified atom stereocenters. The second kappa shape index (κ2) is 7.26. The molecule has 28 heavy (non-hydrogen) atoms. The van der Waals surface area contributed by atoms with Crippen LogP contribution in [-0.2, 0) is 12.5 Å². The van der Waals surface area contributed by atoms with Crippen molar-refractivity contribution >= 4 is 35.0 Å². The van der Waals surface area contributed by atoms with Gasteiger partial charge in [0.15, 0.2) is 5.82 Å². The molecule has 0 aliphatic heterocycles. The molecule has 0 aliphatic carbocycles. The molecular weight excluding hydrogens is 391 g/mol. The number of H-pyrrole nitrogens is 1. The lowest BCUT2D eigenvalue weighted by Crippen LogP contribution is -2.13. The Bertz CT molecular complexity index is 1150. The molecule has 4 aromatic rings. The molecule has 2 aromatic heterocycles. The molecule has 0 saturated heterocycles. The highest BCUT2D eigenvalue weighted by Crippen LogP contribution is 2.33. The molecule has 146 valence electrons. The summed E-state index contributed by atoms with van der Waals surface area (Å²) in [6.45, 7) is 8.66. The van der Waals surface area contributed by atoms with Gasteiger partial charge in [-0.1, -0.05) is 56.6 Å². The molecule has 1 N–H and O–H groups in total. The Kier molecular flexibility index (Phi) is 5.30. The maximum Gasteiger partial charge on any atom is 0.157 e. The number of fused-ring (bicyclic) bond motifs is 1. The molecule has 0 amide bonds. The van der Waals surface area contributed by atoms with E-state index in [0.717, 1.165) is 50.0 Å². The van der Waals surface area contributed by atoms with E-state index in [-0.39, 0.29) is 17.8 Å². The van der Waals surface area contributed by atoms with Crippen LogP contribution in [0.25, 0.3) is 33.7 Å². The molecule has 0 saturated carbocycles. The number of nitrogens with zero attached hydrogens (tertiary/aromatic N) is 3. The molecular formula is C22H24Cl2N4. The summed E-state index contributed by atoms with van der Waals surface area (Å²) in [6.07, 6.45) is 0. The number of benzene rings is 2. The van der Waals surface area contributed by atoms with Crippen LogP contribution in [0.4, 0.5) is 0 Å². The molecule has 2 aromatic carbocycles. The third-order valence-corrected chi connectivity index (χ3v) is 5.22. The van der Waals surface area contributed by atoms with Crippen LogP contribution in [0.3, 0.4) is 0 Å². The first-order valence-corrected chi connectivity index (χ1v) is 9.42. The number of imidazole rings is 1. The van der Waals surface area contributed by atoms with Gasteiger partial charge in [-0.05, 0) is 30.7 Å². The zero-order chi connectivity index (χ0) is 19.3. The second-order valence-corrected chi connectivity index (χ2v) is 8.40. The van der Waals surface area contributed by atoms with Crippen LogP contribution in [0, 0.1) is 6.92 Å². The minimum Gasteiger partial charge on any atom is -0.337 e. The lowest BCUT2D eigenvalue weighted by atomic mass is 9.89. The van der Waals surface area contributed by atoms with E-state index in [1.807, 2.05) is 42.1 Å². The van der Waals surface area contributed by atoms with Gasteiger partial charge in [0.25, 0.3) is 0 Å². The Morgan fingerprint density at radius 3 is 2.43 bits per heavy atom. The van der Waals surface area contributed by atoms with E-state index >= 15 is 0 Å². The van der Waals surface area contributed by atoms with Crippen molar-refractivity contribution in [2.75, 3.05) is 0 Å². The predicted molar refractivity (Wildman–Crippen MR) is 119 cm³/mol. The third-order valence-electron chi connectivity index (χ3n) is 4.89. The van der Waals surface area contributed by atoms with Crippen molar-refractivity contribution in [3.05, 3.63) is 58.7 Å². The summed E-state index contributed by atoms with van der Waals surface area (Å²) in [5.74, 6) is 0.837. The van der Waals surface area contributed by atoms with Crippen molar-refractivity contribution in [1.82, 2.24) is 19.7 Å². The van der Waals surface area contributed by atoms with E-state index in [2.05, 4.69) is 44.8 Å². The van der Waals surface area contributed by atoms with Crippen molar-refractivity contribution in [3.63, 3.8) is 0 Å². The SMILES string of the molecule is Cc1c(C(C)(C)C)nn(C)c1-c1nc2ccc(-c3ccccc3Cl)cc2[nH]1.Cl. The first-order chi connectivity index (χ1) is 12.8. The second-order valence-electron chi connectivity index (χ2n) is 7.99. The molecule has 4 nitrogen and oxygen atoms in total. The molecule has 0 bridgehead atoms. The number of hydrogen-bond donors (Lipinski definition) is 1. The van der Waals surface area contributed by atoms with Crippen LogP contribution in [-0.4, -0.2) is 19.7 Å². The van der Waals surface area contributed by atoms with Crippen LogP contribution < -0.4 is 0 Å². The molecule has 4 rings (SSSR count). The number of aryl methyl sites for hydroxylation is 1. The smallest absolute Gasteiger partial charge is 0.157 e.